The van der Waals surface area contributed by atoms with E-state index in [1.165, 1.54) is 49.7 Å². The molecule has 0 radical (unpaired) electrons. The predicted octanol–water partition coefficient (Wildman–Crippen LogP) is 3.47. The van der Waals surface area contributed by atoms with E-state index in [0.717, 1.165) is 23.9 Å². The number of carboxylic acid groups (broad SMARTS) is 1. The lowest BCUT2D eigenvalue weighted by Crippen LogP contribution is -2.27. The first-order chi connectivity index (χ1) is 9.69. The third-order valence-electron chi connectivity index (χ3n) is 3.90. The molecule has 2 aliphatic rings. The van der Waals surface area contributed by atoms with Crippen LogP contribution in [0.4, 0.5) is 0 Å². The zero-order valence-corrected chi connectivity index (χ0v) is 12.4. The van der Waals surface area contributed by atoms with Gasteiger partial charge in [-0.3, -0.25) is 4.90 Å². The number of hydrogen-bond donors (Lipinski definition) is 1. The van der Waals surface area contributed by atoms with Crippen LogP contribution in [0.2, 0.25) is 0 Å². The fourth-order valence-corrected chi connectivity index (χ4v) is 3.39. The van der Waals surface area contributed by atoms with Gasteiger partial charge in [-0.25, -0.2) is 4.79 Å². The number of carboxylic acids is 1. The summed E-state index contributed by atoms with van der Waals surface area (Å²) >= 11 is 1.74. The minimum Gasteiger partial charge on any atom is -0.478 e. The van der Waals surface area contributed by atoms with Crippen LogP contribution in [0, 0.1) is 11.8 Å². The number of rotatable bonds is 8. The van der Waals surface area contributed by atoms with E-state index in [2.05, 4.69) is 11.0 Å². The Morgan fingerprint density at radius 2 is 1.95 bits per heavy atom. The number of nitrogens with zero attached hydrogens (tertiary/aromatic N) is 1. The number of hydrogen-bond acceptors (Lipinski definition) is 3. The van der Waals surface area contributed by atoms with E-state index in [9.17, 15) is 4.79 Å². The van der Waals surface area contributed by atoms with Crippen LogP contribution in [-0.4, -0.2) is 29.1 Å². The lowest BCUT2D eigenvalue weighted by Gasteiger charge is -2.21. The second-order valence-electron chi connectivity index (χ2n) is 6.10. The SMILES string of the molecule is O=C(O)C=Cc1csc(CN(CC2CC2)CC2CC2)c1. The smallest absolute Gasteiger partial charge is 0.328 e. The van der Waals surface area contributed by atoms with Crippen molar-refractivity contribution in [2.45, 2.75) is 32.2 Å². The largest absolute Gasteiger partial charge is 0.478 e. The molecule has 1 N–H and O–H groups in total. The van der Waals surface area contributed by atoms with Crippen molar-refractivity contribution >= 4 is 23.4 Å². The second kappa shape index (κ2) is 6.10. The van der Waals surface area contributed by atoms with Crippen molar-refractivity contribution in [3.8, 4) is 0 Å². The molecule has 2 fully saturated rings. The van der Waals surface area contributed by atoms with Crippen LogP contribution in [0.3, 0.4) is 0 Å². The zero-order valence-electron chi connectivity index (χ0n) is 11.6. The lowest BCUT2D eigenvalue weighted by molar-refractivity contribution is -0.131. The summed E-state index contributed by atoms with van der Waals surface area (Å²) < 4.78 is 0. The van der Waals surface area contributed by atoms with Crippen molar-refractivity contribution in [3.05, 3.63) is 28.0 Å². The molecule has 108 valence electrons. The summed E-state index contributed by atoms with van der Waals surface area (Å²) in [6, 6.07) is 2.12. The molecule has 0 saturated heterocycles. The molecular formula is C16H21NO2S. The Morgan fingerprint density at radius 3 is 2.50 bits per heavy atom. The van der Waals surface area contributed by atoms with Crippen LogP contribution in [0.5, 0.6) is 0 Å². The molecule has 4 heteroatoms. The average Bonchev–Trinajstić information content (AvgIpc) is 3.31. The molecule has 1 heterocycles. The van der Waals surface area contributed by atoms with Crippen LogP contribution in [0.15, 0.2) is 17.5 Å². The van der Waals surface area contributed by atoms with Crippen LogP contribution in [0.1, 0.15) is 36.1 Å². The summed E-state index contributed by atoms with van der Waals surface area (Å²) in [5.41, 5.74) is 1.00. The van der Waals surface area contributed by atoms with Crippen molar-refractivity contribution in [1.82, 2.24) is 4.90 Å². The van der Waals surface area contributed by atoms with Crippen LogP contribution in [0.25, 0.3) is 6.08 Å². The predicted molar refractivity (Wildman–Crippen MR) is 81.7 cm³/mol. The minimum absolute atomic E-state index is 0.887. The normalized spacial score (nSPS) is 19.1. The highest BCUT2D eigenvalue weighted by Gasteiger charge is 2.29. The molecule has 1 aromatic heterocycles. The van der Waals surface area contributed by atoms with Crippen LogP contribution < -0.4 is 0 Å². The number of carbonyl (C=O) groups is 1. The summed E-state index contributed by atoms with van der Waals surface area (Å²) in [5, 5.41) is 10.7. The molecule has 3 nitrogen and oxygen atoms in total. The Hall–Kier alpha value is -1.13. The van der Waals surface area contributed by atoms with E-state index >= 15 is 0 Å². The van der Waals surface area contributed by atoms with Crippen molar-refractivity contribution in [2.24, 2.45) is 11.8 Å². The zero-order chi connectivity index (χ0) is 13.9. The fourth-order valence-electron chi connectivity index (χ4n) is 2.49. The van der Waals surface area contributed by atoms with Gasteiger partial charge in [0.1, 0.15) is 0 Å². The van der Waals surface area contributed by atoms with Crippen molar-refractivity contribution in [3.63, 3.8) is 0 Å². The Kier molecular flexibility index (Phi) is 4.22. The third-order valence-corrected chi connectivity index (χ3v) is 4.84. The van der Waals surface area contributed by atoms with E-state index in [4.69, 9.17) is 5.11 Å². The minimum atomic E-state index is -0.887. The van der Waals surface area contributed by atoms with E-state index in [-0.39, 0.29) is 0 Å². The van der Waals surface area contributed by atoms with Gasteiger partial charge in [0.2, 0.25) is 0 Å². The molecule has 20 heavy (non-hydrogen) atoms. The quantitative estimate of drug-likeness (QED) is 0.746. The van der Waals surface area contributed by atoms with Crippen molar-refractivity contribution in [2.75, 3.05) is 13.1 Å². The first kappa shape index (κ1) is 13.8. The van der Waals surface area contributed by atoms with Gasteiger partial charge in [0.15, 0.2) is 0 Å². The summed E-state index contributed by atoms with van der Waals surface area (Å²) in [6.45, 7) is 3.52. The highest BCUT2D eigenvalue weighted by molar-refractivity contribution is 7.10. The first-order valence-corrected chi connectivity index (χ1v) is 8.28. The molecule has 3 rings (SSSR count). The van der Waals surface area contributed by atoms with E-state index in [0.29, 0.717) is 0 Å². The topological polar surface area (TPSA) is 40.5 Å². The molecule has 0 aliphatic heterocycles. The maximum absolute atomic E-state index is 10.5. The summed E-state index contributed by atoms with van der Waals surface area (Å²) in [5.74, 6) is 0.974. The van der Waals surface area contributed by atoms with Crippen molar-refractivity contribution in [1.29, 1.82) is 0 Å². The molecule has 2 aliphatic carbocycles. The fraction of sp³-hybridized carbons (Fsp3) is 0.562. The molecule has 0 spiro atoms. The Labute approximate surface area is 123 Å². The lowest BCUT2D eigenvalue weighted by atomic mass is 10.2. The molecule has 0 aromatic carbocycles. The monoisotopic (exact) mass is 291 g/mol. The summed E-state index contributed by atoms with van der Waals surface area (Å²) in [4.78, 5) is 14.5. The number of aliphatic carboxylic acids is 1. The van der Waals surface area contributed by atoms with Crippen LogP contribution >= 0.6 is 11.3 Å². The summed E-state index contributed by atoms with van der Waals surface area (Å²) in [6.07, 6.45) is 8.49. The highest BCUT2D eigenvalue weighted by atomic mass is 32.1. The second-order valence-corrected chi connectivity index (χ2v) is 7.09. The van der Waals surface area contributed by atoms with Gasteiger partial charge in [0.25, 0.3) is 0 Å². The average molecular weight is 291 g/mol. The standard InChI is InChI=1S/C16H21NO2S/c18-16(19)6-5-14-7-15(20-11-14)10-17(8-12-1-2-12)9-13-3-4-13/h5-7,11-13H,1-4,8-10H2,(H,18,19). The Balaban J connectivity index is 1.57. The highest BCUT2D eigenvalue weighted by Crippen LogP contribution is 2.34. The van der Waals surface area contributed by atoms with Gasteiger partial charge in [0.05, 0.1) is 0 Å². The van der Waals surface area contributed by atoms with E-state index < -0.39 is 5.97 Å². The molecule has 0 atom stereocenters. The molecule has 2 saturated carbocycles. The maximum Gasteiger partial charge on any atom is 0.328 e. The van der Waals surface area contributed by atoms with Gasteiger partial charge >= 0.3 is 5.97 Å². The molecular weight excluding hydrogens is 270 g/mol. The molecule has 0 bridgehead atoms. The third kappa shape index (κ3) is 4.46. The molecule has 0 unspecified atom stereocenters. The molecule has 0 amide bonds. The van der Waals surface area contributed by atoms with Gasteiger partial charge in [-0.1, -0.05) is 0 Å². The van der Waals surface area contributed by atoms with Gasteiger partial charge < -0.3 is 5.11 Å². The van der Waals surface area contributed by atoms with Gasteiger partial charge in [-0.2, -0.15) is 0 Å². The Bertz CT molecular complexity index is 486. The van der Waals surface area contributed by atoms with Gasteiger partial charge in [0, 0.05) is 30.6 Å². The first-order valence-electron chi connectivity index (χ1n) is 7.40. The van der Waals surface area contributed by atoms with Crippen molar-refractivity contribution < 1.29 is 9.90 Å². The maximum atomic E-state index is 10.5. The summed E-state index contributed by atoms with van der Waals surface area (Å²) in [7, 11) is 0. The molecule has 1 aromatic rings. The van der Waals surface area contributed by atoms with E-state index in [1.807, 2.05) is 5.38 Å². The van der Waals surface area contributed by atoms with Crippen LogP contribution in [-0.2, 0) is 11.3 Å². The Morgan fingerprint density at radius 1 is 1.30 bits per heavy atom. The van der Waals surface area contributed by atoms with E-state index in [1.54, 1.807) is 17.4 Å². The van der Waals surface area contributed by atoms with Gasteiger partial charge in [-0.05, 0) is 60.6 Å². The number of thiophene rings is 1. The van der Waals surface area contributed by atoms with Gasteiger partial charge in [-0.15, -0.1) is 11.3 Å².